The van der Waals surface area contributed by atoms with Crippen molar-refractivity contribution in [3.63, 3.8) is 0 Å². The van der Waals surface area contributed by atoms with Gasteiger partial charge < -0.3 is 24.3 Å². The third-order valence-corrected chi connectivity index (χ3v) is 4.96. The molecule has 0 bridgehead atoms. The number of methoxy groups -OCH3 is 3. The summed E-state index contributed by atoms with van der Waals surface area (Å²) < 4.78 is 45.7. The second-order valence-corrected chi connectivity index (χ2v) is 7.24. The Morgan fingerprint density at radius 3 is 2.06 bits per heavy atom. The van der Waals surface area contributed by atoms with Gasteiger partial charge >= 0.3 is 6.61 Å². The molecule has 3 rings (SSSR count). The monoisotopic (exact) mass is 469 g/mol. The molecule has 3 aromatic carbocycles. The third-order valence-electron chi connectivity index (χ3n) is 4.96. The minimum absolute atomic E-state index is 0.105. The van der Waals surface area contributed by atoms with Crippen molar-refractivity contribution in [2.75, 3.05) is 26.6 Å². The number of anilines is 1. The highest BCUT2D eigenvalue weighted by molar-refractivity contribution is 6.29. The van der Waals surface area contributed by atoms with Crippen molar-refractivity contribution in [2.24, 2.45) is 0 Å². The number of nitrogens with one attached hydrogen (secondary N) is 1. The summed E-state index contributed by atoms with van der Waals surface area (Å²) in [6.45, 7) is -1.03. The molecule has 178 valence electrons. The molecule has 0 saturated carbocycles. The molecule has 8 heteroatoms. The molecule has 0 atom stereocenters. The minimum atomic E-state index is -2.99. The summed E-state index contributed by atoms with van der Waals surface area (Å²) in [6.07, 6.45) is 1.62. The average molecular weight is 469 g/mol. The molecule has 0 heterocycles. The second kappa shape index (κ2) is 11.2. The van der Waals surface area contributed by atoms with Crippen molar-refractivity contribution < 1.29 is 32.5 Å². The van der Waals surface area contributed by atoms with Crippen LogP contribution < -0.4 is 24.3 Å². The number of ether oxygens (including phenoxy) is 4. The predicted molar refractivity (Wildman–Crippen MR) is 127 cm³/mol. The Labute approximate surface area is 196 Å². The largest absolute Gasteiger partial charge is 0.493 e. The number of rotatable bonds is 9. The quantitative estimate of drug-likeness (QED) is 0.317. The first kappa shape index (κ1) is 24.6. The van der Waals surface area contributed by atoms with Crippen LogP contribution in [0.4, 0.5) is 14.5 Å². The molecular weight excluding hydrogens is 444 g/mol. The van der Waals surface area contributed by atoms with Crippen molar-refractivity contribution in [3.8, 4) is 23.0 Å². The Morgan fingerprint density at radius 1 is 0.824 bits per heavy atom. The van der Waals surface area contributed by atoms with Gasteiger partial charge in [-0.05, 0) is 60.5 Å². The van der Waals surface area contributed by atoms with Gasteiger partial charge in [0.05, 0.1) is 21.3 Å². The number of aryl methyl sites for hydroxylation is 1. The highest BCUT2D eigenvalue weighted by Gasteiger charge is 2.17. The first-order chi connectivity index (χ1) is 16.3. The zero-order chi connectivity index (χ0) is 24.7. The maximum absolute atomic E-state index is 13.3. The van der Waals surface area contributed by atoms with Gasteiger partial charge in [-0.15, -0.1) is 0 Å². The van der Waals surface area contributed by atoms with E-state index in [-0.39, 0.29) is 17.4 Å². The van der Waals surface area contributed by atoms with Gasteiger partial charge in [0.2, 0.25) is 0 Å². The number of carbonyl (C=O) groups excluding carboxylic acids is 1. The molecule has 0 aliphatic carbocycles. The third kappa shape index (κ3) is 6.04. The average Bonchev–Trinajstić information content (AvgIpc) is 2.83. The Bertz CT molecular complexity index is 1180. The van der Waals surface area contributed by atoms with Crippen LogP contribution in [0.1, 0.15) is 16.7 Å². The summed E-state index contributed by atoms with van der Waals surface area (Å²) in [4.78, 5) is 13.3. The fraction of sp³-hybridized carbons (Fsp3) is 0.192. The zero-order valence-electron chi connectivity index (χ0n) is 19.2. The van der Waals surface area contributed by atoms with Gasteiger partial charge in [-0.1, -0.05) is 29.8 Å². The van der Waals surface area contributed by atoms with Crippen molar-refractivity contribution in [3.05, 3.63) is 77.4 Å². The van der Waals surface area contributed by atoms with Crippen molar-refractivity contribution in [1.29, 1.82) is 0 Å². The summed E-state index contributed by atoms with van der Waals surface area (Å²) in [7, 11) is 4.37. The molecule has 0 aliphatic rings. The summed E-state index contributed by atoms with van der Waals surface area (Å²) in [5.74, 6) is 0.598. The van der Waals surface area contributed by atoms with E-state index < -0.39 is 6.61 Å². The highest BCUT2D eigenvalue weighted by atomic mass is 19.3. The number of carbonyl (C=O) groups is 1. The molecule has 0 aliphatic heterocycles. The van der Waals surface area contributed by atoms with Crippen molar-refractivity contribution in [1.82, 2.24) is 0 Å². The van der Waals surface area contributed by atoms with Gasteiger partial charge in [0.25, 0.3) is 5.91 Å². The number of hydrogen-bond acceptors (Lipinski definition) is 5. The first-order valence-electron chi connectivity index (χ1n) is 10.3. The van der Waals surface area contributed by atoms with Crippen molar-refractivity contribution in [2.45, 2.75) is 13.5 Å². The molecule has 0 unspecified atom stereocenters. The Kier molecular flexibility index (Phi) is 8.08. The van der Waals surface area contributed by atoms with Crippen LogP contribution in [0.15, 0.2) is 60.7 Å². The Morgan fingerprint density at radius 2 is 1.44 bits per heavy atom. The Balaban J connectivity index is 2.06. The molecule has 0 aromatic heterocycles. The number of alkyl halides is 2. The zero-order valence-corrected chi connectivity index (χ0v) is 19.2. The summed E-state index contributed by atoms with van der Waals surface area (Å²) in [6, 6.07) is 16.9. The van der Waals surface area contributed by atoms with Crippen molar-refractivity contribution >= 4 is 23.2 Å². The fourth-order valence-electron chi connectivity index (χ4n) is 3.25. The highest BCUT2D eigenvalue weighted by Crippen LogP contribution is 2.34. The molecule has 0 spiro atoms. The van der Waals surface area contributed by atoms with Gasteiger partial charge in [0.1, 0.15) is 0 Å². The molecular formula is C26H25F2NO5. The van der Waals surface area contributed by atoms with E-state index in [1.165, 1.54) is 33.5 Å². The normalized spacial score (nSPS) is 11.2. The van der Waals surface area contributed by atoms with Gasteiger partial charge in [0.15, 0.2) is 23.0 Å². The lowest BCUT2D eigenvalue weighted by Crippen LogP contribution is -2.14. The maximum atomic E-state index is 13.3. The van der Waals surface area contributed by atoms with E-state index in [0.29, 0.717) is 33.9 Å². The molecule has 0 fully saturated rings. The molecule has 1 amide bonds. The van der Waals surface area contributed by atoms with Crippen LogP contribution in [0, 0.1) is 6.92 Å². The van der Waals surface area contributed by atoms with Gasteiger partial charge in [-0.25, -0.2) is 0 Å². The topological polar surface area (TPSA) is 66.0 Å². The number of amides is 1. The van der Waals surface area contributed by atoms with Crippen LogP contribution in [-0.2, 0) is 4.79 Å². The molecule has 1 N–H and O–H groups in total. The fourth-order valence-corrected chi connectivity index (χ4v) is 3.25. The van der Waals surface area contributed by atoms with E-state index in [9.17, 15) is 13.6 Å². The molecule has 0 radical (unpaired) electrons. The van der Waals surface area contributed by atoms with Crippen LogP contribution >= 0.6 is 0 Å². The molecule has 0 saturated heterocycles. The first-order valence-corrected chi connectivity index (χ1v) is 10.3. The van der Waals surface area contributed by atoms with E-state index in [1.54, 1.807) is 42.5 Å². The number of hydrogen-bond donors (Lipinski definition) is 1. The van der Waals surface area contributed by atoms with Crippen LogP contribution in [0.25, 0.3) is 11.6 Å². The van der Waals surface area contributed by atoms with Crippen LogP contribution in [0.2, 0.25) is 0 Å². The van der Waals surface area contributed by atoms with E-state index in [1.807, 2.05) is 19.1 Å². The summed E-state index contributed by atoms with van der Waals surface area (Å²) in [5.41, 5.74) is 3.11. The maximum Gasteiger partial charge on any atom is 0.387 e. The van der Waals surface area contributed by atoms with E-state index >= 15 is 0 Å². The lowest BCUT2D eigenvalue weighted by molar-refractivity contribution is -0.111. The van der Waals surface area contributed by atoms with Crippen LogP contribution in [0.5, 0.6) is 23.0 Å². The minimum Gasteiger partial charge on any atom is -0.493 e. The SMILES string of the molecule is COc1ccc(/C(=C\c2ccc(OC(F)F)c(OC)c2)C(=O)Nc2ccc(C)cc2)cc1OC. The van der Waals surface area contributed by atoms with E-state index in [2.05, 4.69) is 10.1 Å². The van der Waals surface area contributed by atoms with Crippen LogP contribution in [-0.4, -0.2) is 33.8 Å². The predicted octanol–water partition coefficient (Wildman–Crippen LogP) is 5.80. The molecule has 3 aromatic rings. The number of halogens is 2. The standard InChI is InChI=1S/C26H25F2NO5/c1-16-5-9-19(10-6-16)29-25(30)20(18-8-12-21(31-2)24(15-18)33-4)13-17-7-11-22(34-26(27)28)23(14-17)32-3/h5-15,26H,1-4H3,(H,29,30)/b20-13+. The lowest BCUT2D eigenvalue weighted by Gasteiger charge is -2.14. The van der Waals surface area contributed by atoms with Gasteiger partial charge in [-0.3, -0.25) is 4.79 Å². The van der Waals surface area contributed by atoms with Crippen LogP contribution in [0.3, 0.4) is 0 Å². The second-order valence-electron chi connectivity index (χ2n) is 7.24. The summed E-state index contributed by atoms with van der Waals surface area (Å²) >= 11 is 0. The molecule has 6 nitrogen and oxygen atoms in total. The smallest absolute Gasteiger partial charge is 0.387 e. The Hall–Kier alpha value is -4.07. The molecule has 34 heavy (non-hydrogen) atoms. The number of benzene rings is 3. The summed E-state index contributed by atoms with van der Waals surface area (Å²) in [5, 5.41) is 2.89. The van der Waals surface area contributed by atoms with Gasteiger partial charge in [0, 0.05) is 11.3 Å². The van der Waals surface area contributed by atoms with Gasteiger partial charge in [-0.2, -0.15) is 8.78 Å². The van der Waals surface area contributed by atoms with E-state index in [4.69, 9.17) is 14.2 Å². The van der Waals surface area contributed by atoms with E-state index in [0.717, 1.165) is 5.56 Å². The lowest BCUT2D eigenvalue weighted by atomic mass is 10.0.